The summed E-state index contributed by atoms with van der Waals surface area (Å²) < 4.78 is 7.75. The van der Waals surface area contributed by atoms with Crippen molar-refractivity contribution in [2.75, 3.05) is 7.11 Å². The Balaban J connectivity index is 1.90. The van der Waals surface area contributed by atoms with Gasteiger partial charge >= 0.3 is 0 Å². The van der Waals surface area contributed by atoms with Crippen molar-refractivity contribution in [2.24, 2.45) is 4.99 Å². The summed E-state index contributed by atoms with van der Waals surface area (Å²) >= 11 is 3.47. The molecule has 0 saturated heterocycles. The fourth-order valence-electron chi connectivity index (χ4n) is 3.29. The van der Waals surface area contributed by atoms with Crippen molar-refractivity contribution >= 4 is 27.3 Å². The standard InChI is InChI=1S/C24H20BrN3O2/c1-16(26-19-8-6-7-18(25)15-19)22-23(17-11-13-21(30-2)14-12-17)27-28(24(22)29)20-9-4-3-5-10-20/h3-15,27H,1-2H3. The van der Waals surface area contributed by atoms with E-state index in [-0.39, 0.29) is 5.56 Å². The van der Waals surface area contributed by atoms with Crippen molar-refractivity contribution in [1.29, 1.82) is 0 Å². The predicted molar refractivity (Wildman–Crippen MR) is 124 cm³/mol. The summed E-state index contributed by atoms with van der Waals surface area (Å²) in [5, 5.41) is 3.27. The van der Waals surface area contributed by atoms with Crippen LogP contribution in [0.4, 0.5) is 5.69 Å². The molecule has 0 amide bonds. The Kier molecular flexibility index (Phi) is 5.68. The molecule has 0 aliphatic rings. The summed E-state index contributed by atoms with van der Waals surface area (Å²) in [7, 11) is 1.63. The number of rotatable bonds is 5. The van der Waals surface area contributed by atoms with E-state index in [2.05, 4.69) is 21.0 Å². The fourth-order valence-corrected chi connectivity index (χ4v) is 3.68. The summed E-state index contributed by atoms with van der Waals surface area (Å²) in [5.74, 6) is 0.754. The van der Waals surface area contributed by atoms with Gasteiger partial charge in [0.15, 0.2) is 0 Å². The van der Waals surface area contributed by atoms with E-state index >= 15 is 0 Å². The fraction of sp³-hybridized carbons (Fsp3) is 0.0833. The van der Waals surface area contributed by atoms with Crippen LogP contribution in [-0.4, -0.2) is 22.6 Å². The summed E-state index contributed by atoms with van der Waals surface area (Å²) in [4.78, 5) is 18.1. The number of aromatic nitrogens is 2. The lowest BCUT2D eigenvalue weighted by atomic mass is 10.0. The van der Waals surface area contributed by atoms with Gasteiger partial charge in [0.25, 0.3) is 5.56 Å². The molecule has 0 spiro atoms. The third-order valence-electron chi connectivity index (χ3n) is 4.75. The van der Waals surface area contributed by atoms with Gasteiger partial charge in [-0.2, -0.15) is 0 Å². The minimum absolute atomic E-state index is 0.150. The molecule has 1 heterocycles. The number of ether oxygens (including phenoxy) is 1. The van der Waals surface area contributed by atoms with Crippen LogP contribution in [0.2, 0.25) is 0 Å². The highest BCUT2D eigenvalue weighted by Gasteiger charge is 2.19. The Morgan fingerprint density at radius 1 is 1.00 bits per heavy atom. The normalized spacial score (nSPS) is 11.5. The van der Waals surface area contributed by atoms with E-state index in [0.717, 1.165) is 27.2 Å². The molecule has 0 unspecified atom stereocenters. The molecule has 0 fully saturated rings. The highest BCUT2D eigenvalue weighted by atomic mass is 79.9. The first-order chi connectivity index (χ1) is 14.6. The minimum Gasteiger partial charge on any atom is -0.497 e. The summed E-state index contributed by atoms with van der Waals surface area (Å²) in [6.45, 7) is 1.85. The topological polar surface area (TPSA) is 59.4 Å². The van der Waals surface area contributed by atoms with Gasteiger partial charge in [0.1, 0.15) is 5.75 Å². The monoisotopic (exact) mass is 461 g/mol. The van der Waals surface area contributed by atoms with Gasteiger partial charge in [0.2, 0.25) is 0 Å². The zero-order valence-electron chi connectivity index (χ0n) is 16.6. The molecule has 0 saturated carbocycles. The first-order valence-electron chi connectivity index (χ1n) is 9.43. The second kappa shape index (κ2) is 8.55. The largest absolute Gasteiger partial charge is 0.497 e. The Labute approximate surface area is 182 Å². The Hall–Kier alpha value is -3.38. The third-order valence-corrected chi connectivity index (χ3v) is 5.24. The van der Waals surface area contributed by atoms with E-state index in [1.807, 2.05) is 85.8 Å². The molecular formula is C24H20BrN3O2. The van der Waals surface area contributed by atoms with Gasteiger partial charge in [-0.1, -0.05) is 40.2 Å². The highest BCUT2D eigenvalue weighted by molar-refractivity contribution is 9.10. The van der Waals surface area contributed by atoms with Gasteiger partial charge in [0, 0.05) is 10.0 Å². The number of nitrogens with zero attached hydrogens (tertiary/aromatic N) is 2. The van der Waals surface area contributed by atoms with Crippen LogP contribution in [0.3, 0.4) is 0 Å². The van der Waals surface area contributed by atoms with E-state index in [1.54, 1.807) is 11.8 Å². The Bertz CT molecular complexity index is 1260. The summed E-state index contributed by atoms with van der Waals surface area (Å²) in [5.41, 5.74) is 4.14. The molecular weight excluding hydrogens is 442 g/mol. The van der Waals surface area contributed by atoms with E-state index in [4.69, 9.17) is 9.73 Å². The lowest BCUT2D eigenvalue weighted by molar-refractivity contribution is 0.415. The van der Waals surface area contributed by atoms with Crippen molar-refractivity contribution in [3.05, 3.63) is 99.3 Å². The van der Waals surface area contributed by atoms with Crippen LogP contribution in [0.25, 0.3) is 16.9 Å². The van der Waals surface area contributed by atoms with Crippen LogP contribution < -0.4 is 10.3 Å². The van der Waals surface area contributed by atoms with Crippen LogP contribution in [0.15, 0.2) is 93.1 Å². The Morgan fingerprint density at radius 2 is 1.73 bits per heavy atom. The molecule has 4 rings (SSSR count). The molecule has 0 bridgehead atoms. The van der Waals surface area contributed by atoms with E-state index in [9.17, 15) is 4.79 Å². The molecule has 5 nitrogen and oxygen atoms in total. The molecule has 150 valence electrons. The highest BCUT2D eigenvalue weighted by Crippen LogP contribution is 2.26. The number of methoxy groups -OCH3 is 1. The number of hydrogen-bond acceptors (Lipinski definition) is 3. The molecule has 0 radical (unpaired) electrons. The van der Waals surface area contributed by atoms with Crippen LogP contribution in [0.1, 0.15) is 12.5 Å². The van der Waals surface area contributed by atoms with Crippen LogP contribution >= 0.6 is 15.9 Å². The average molecular weight is 462 g/mol. The van der Waals surface area contributed by atoms with Gasteiger partial charge in [-0.15, -0.1) is 0 Å². The predicted octanol–water partition coefficient (Wildman–Crippen LogP) is 5.74. The molecule has 0 aliphatic heterocycles. The number of para-hydroxylation sites is 1. The lowest BCUT2D eigenvalue weighted by Gasteiger charge is -2.05. The van der Waals surface area contributed by atoms with Crippen molar-refractivity contribution in [1.82, 2.24) is 9.78 Å². The number of aliphatic imine (C=N–C) groups is 1. The van der Waals surface area contributed by atoms with Gasteiger partial charge < -0.3 is 4.74 Å². The van der Waals surface area contributed by atoms with Gasteiger partial charge in [0.05, 0.1) is 35.5 Å². The van der Waals surface area contributed by atoms with Crippen LogP contribution in [0.5, 0.6) is 5.75 Å². The van der Waals surface area contributed by atoms with Crippen molar-refractivity contribution in [3.8, 4) is 22.7 Å². The maximum absolute atomic E-state index is 13.4. The molecule has 6 heteroatoms. The molecule has 4 aromatic rings. The number of nitrogens with one attached hydrogen (secondary N) is 1. The van der Waals surface area contributed by atoms with Crippen molar-refractivity contribution < 1.29 is 4.74 Å². The quantitative estimate of drug-likeness (QED) is 0.385. The van der Waals surface area contributed by atoms with Gasteiger partial charge in [-0.25, -0.2) is 4.68 Å². The lowest BCUT2D eigenvalue weighted by Crippen LogP contribution is -2.19. The van der Waals surface area contributed by atoms with E-state index in [1.165, 1.54) is 0 Å². The number of aromatic amines is 1. The molecule has 1 N–H and O–H groups in total. The summed E-state index contributed by atoms with van der Waals surface area (Å²) in [6, 6.07) is 24.8. The molecule has 0 aliphatic carbocycles. The second-order valence-corrected chi connectivity index (χ2v) is 7.66. The van der Waals surface area contributed by atoms with E-state index in [0.29, 0.717) is 17.0 Å². The third kappa shape index (κ3) is 4.00. The summed E-state index contributed by atoms with van der Waals surface area (Å²) in [6.07, 6.45) is 0. The number of benzene rings is 3. The smallest absolute Gasteiger partial charge is 0.280 e. The van der Waals surface area contributed by atoms with Gasteiger partial charge in [-0.3, -0.25) is 14.9 Å². The zero-order chi connectivity index (χ0) is 21.1. The maximum atomic E-state index is 13.4. The maximum Gasteiger partial charge on any atom is 0.280 e. The molecule has 1 aromatic heterocycles. The van der Waals surface area contributed by atoms with E-state index < -0.39 is 0 Å². The number of H-pyrrole nitrogens is 1. The number of hydrogen-bond donors (Lipinski definition) is 1. The zero-order valence-corrected chi connectivity index (χ0v) is 18.2. The molecule has 0 atom stereocenters. The van der Waals surface area contributed by atoms with Gasteiger partial charge in [-0.05, 0) is 61.5 Å². The first-order valence-corrected chi connectivity index (χ1v) is 10.2. The number of halogens is 1. The SMILES string of the molecule is COc1ccc(-c2[nH]n(-c3ccccc3)c(=O)c2C(C)=Nc2cccc(Br)c2)cc1. The van der Waals surface area contributed by atoms with Crippen molar-refractivity contribution in [2.45, 2.75) is 6.92 Å². The molecule has 3 aromatic carbocycles. The van der Waals surface area contributed by atoms with Crippen LogP contribution in [-0.2, 0) is 0 Å². The Morgan fingerprint density at radius 3 is 2.40 bits per heavy atom. The first kappa shape index (κ1) is 19.9. The minimum atomic E-state index is -0.150. The molecule has 30 heavy (non-hydrogen) atoms. The average Bonchev–Trinajstić information content (AvgIpc) is 3.11. The van der Waals surface area contributed by atoms with Crippen molar-refractivity contribution in [3.63, 3.8) is 0 Å². The second-order valence-electron chi connectivity index (χ2n) is 6.74. The van der Waals surface area contributed by atoms with Crippen LogP contribution in [0, 0.1) is 0 Å².